The predicted octanol–water partition coefficient (Wildman–Crippen LogP) is -2.03. The quantitative estimate of drug-likeness (QED) is 0.357. The van der Waals surface area contributed by atoms with Gasteiger partial charge in [-0.1, -0.05) is 30.3 Å². The van der Waals surface area contributed by atoms with Crippen molar-refractivity contribution in [2.45, 2.75) is 0 Å². The fraction of sp³-hybridized carbons (Fsp3) is 0. The highest BCUT2D eigenvalue weighted by molar-refractivity contribution is 5.94. The Morgan fingerprint density at radius 1 is 1.20 bits per heavy atom. The summed E-state index contributed by atoms with van der Waals surface area (Å²) in [5, 5.41) is 7.01. The maximum absolute atomic E-state index is 7.01. The molecule has 0 aliphatic rings. The summed E-state index contributed by atoms with van der Waals surface area (Å²) < 4.78 is 0. The van der Waals surface area contributed by atoms with Crippen molar-refractivity contribution in [2.24, 2.45) is 5.73 Å². The van der Waals surface area contributed by atoms with Gasteiger partial charge in [0.15, 0.2) is 0 Å². The largest absolute Gasteiger partial charge is 1.00 e. The third kappa shape index (κ3) is 2.07. The number of hydrogen-bond donors (Lipinski definition) is 2. The van der Waals surface area contributed by atoms with Crippen LogP contribution in [0.5, 0.6) is 0 Å². The van der Waals surface area contributed by atoms with Crippen LogP contribution in [0.1, 0.15) is 5.56 Å². The molecule has 3 heteroatoms. The van der Waals surface area contributed by atoms with Crippen molar-refractivity contribution < 1.29 is 12.4 Å². The Labute approximate surface area is 66.0 Å². The molecule has 10 heavy (non-hydrogen) atoms. The van der Waals surface area contributed by atoms with E-state index in [0.29, 0.717) is 0 Å². The molecule has 0 saturated heterocycles. The van der Waals surface area contributed by atoms with Crippen molar-refractivity contribution >= 4 is 5.84 Å². The number of rotatable bonds is 1. The highest BCUT2D eigenvalue weighted by atomic mass is 35.5. The van der Waals surface area contributed by atoms with Gasteiger partial charge in [-0.15, -0.1) is 0 Å². The number of nitrogen functional groups attached to an aromatic ring is 1. The van der Waals surface area contributed by atoms with E-state index in [2.05, 4.69) is 0 Å². The molecule has 0 unspecified atom stereocenters. The third-order valence-electron chi connectivity index (χ3n) is 1.08. The first kappa shape index (κ1) is 8.98. The van der Waals surface area contributed by atoms with Crippen LogP contribution in [0, 0.1) is 5.41 Å². The van der Waals surface area contributed by atoms with E-state index in [1.807, 2.05) is 30.3 Å². The summed E-state index contributed by atoms with van der Waals surface area (Å²) in [5.74, 6) is 0.121. The predicted molar refractivity (Wildman–Crippen MR) is 37.5 cm³/mol. The van der Waals surface area contributed by atoms with Crippen LogP contribution in [0.3, 0.4) is 0 Å². The molecule has 1 rings (SSSR count). The van der Waals surface area contributed by atoms with E-state index >= 15 is 0 Å². The average molecular weight is 156 g/mol. The number of halogens is 1. The molecule has 2 nitrogen and oxygen atoms in total. The Balaban J connectivity index is 0.000000810. The highest BCUT2D eigenvalue weighted by Crippen LogP contribution is 1.94. The van der Waals surface area contributed by atoms with Gasteiger partial charge in [-0.25, -0.2) is 0 Å². The standard InChI is InChI=1S/C7H8N2.ClH/c8-7(9)6-4-2-1-3-5-6;/h1-5H,(H3,8,9);1H/p-1. The lowest BCUT2D eigenvalue weighted by Crippen LogP contribution is -3.00. The fourth-order valence-electron chi connectivity index (χ4n) is 0.618. The van der Waals surface area contributed by atoms with Gasteiger partial charge in [0.1, 0.15) is 5.84 Å². The summed E-state index contributed by atoms with van der Waals surface area (Å²) >= 11 is 0. The second-order valence-corrected chi connectivity index (χ2v) is 1.78. The maximum atomic E-state index is 7.01. The van der Waals surface area contributed by atoms with E-state index in [1.165, 1.54) is 0 Å². The van der Waals surface area contributed by atoms with Gasteiger partial charge in [-0.2, -0.15) is 0 Å². The van der Waals surface area contributed by atoms with Crippen LogP contribution in [0.2, 0.25) is 0 Å². The van der Waals surface area contributed by atoms with Crippen LogP contribution < -0.4 is 18.1 Å². The Bertz CT molecular complexity index is 208. The lowest BCUT2D eigenvalue weighted by Gasteiger charge is -1.93. The first-order chi connectivity index (χ1) is 4.30. The van der Waals surface area contributed by atoms with Crippen molar-refractivity contribution in [3.05, 3.63) is 35.9 Å². The van der Waals surface area contributed by atoms with Crippen molar-refractivity contribution in [3.63, 3.8) is 0 Å². The Hall–Kier alpha value is -1.02. The van der Waals surface area contributed by atoms with E-state index < -0.39 is 0 Å². The van der Waals surface area contributed by atoms with Crippen LogP contribution in [0.25, 0.3) is 0 Å². The molecule has 0 spiro atoms. The Kier molecular flexibility index (Phi) is 3.51. The molecule has 0 saturated carbocycles. The first-order valence-electron chi connectivity index (χ1n) is 2.70. The molecule has 54 valence electrons. The molecule has 3 N–H and O–H groups in total. The molecule has 0 fully saturated rings. The van der Waals surface area contributed by atoms with Crippen molar-refractivity contribution in [3.8, 4) is 0 Å². The maximum Gasteiger partial charge on any atom is 0.122 e. The van der Waals surface area contributed by atoms with Gasteiger partial charge in [0.05, 0.1) is 0 Å². The van der Waals surface area contributed by atoms with Crippen LogP contribution in [0.4, 0.5) is 0 Å². The van der Waals surface area contributed by atoms with Gasteiger partial charge in [0, 0.05) is 5.56 Å². The summed E-state index contributed by atoms with van der Waals surface area (Å²) in [6.07, 6.45) is 0. The lowest BCUT2D eigenvalue weighted by atomic mass is 10.2. The number of nitrogens with two attached hydrogens (primary N) is 1. The van der Waals surface area contributed by atoms with Gasteiger partial charge in [-0.05, 0) is 0 Å². The van der Waals surface area contributed by atoms with Crippen LogP contribution in [-0.4, -0.2) is 5.84 Å². The minimum Gasteiger partial charge on any atom is -1.00 e. The lowest BCUT2D eigenvalue weighted by molar-refractivity contribution is -0.00000221. The average Bonchev–Trinajstić information content (AvgIpc) is 1.90. The van der Waals surface area contributed by atoms with Crippen molar-refractivity contribution in [1.82, 2.24) is 0 Å². The van der Waals surface area contributed by atoms with Gasteiger partial charge in [0.25, 0.3) is 0 Å². The van der Waals surface area contributed by atoms with Crippen LogP contribution >= 0.6 is 0 Å². The summed E-state index contributed by atoms with van der Waals surface area (Å²) in [5.41, 5.74) is 5.97. The topological polar surface area (TPSA) is 49.9 Å². The molecule has 0 bridgehead atoms. The zero-order chi connectivity index (χ0) is 6.69. The molecule has 0 heterocycles. The molecule has 1 aromatic rings. The van der Waals surface area contributed by atoms with Gasteiger partial charge in [-0.3, -0.25) is 5.41 Å². The molecule has 0 aliphatic heterocycles. The second kappa shape index (κ2) is 3.90. The van der Waals surface area contributed by atoms with Crippen molar-refractivity contribution in [1.29, 1.82) is 5.41 Å². The molecule has 0 aliphatic carbocycles. The number of benzene rings is 1. The smallest absolute Gasteiger partial charge is 0.122 e. The number of hydrogen-bond acceptors (Lipinski definition) is 1. The van der Waals surface area contributed by atoms with E-state index in [4.69, 9.17) is 11.1 Å². The van der Waals surface area contributed by atoms with Crippen LogP contribution in [-0.2, 0) is 0 Å². The second-order valence-electron chi connectivity index (χ2n) is 1.78. The first-order valence-corrected chi connectivity index (χ1v) is 2.70. The third-order valence-corrected chi connectivity index (χ3v) is 1.08. The van der Waals surface area contributed by atoms with Gasteiger partial charge < -0.3 is 18.1 Å². The molecular weight excluding hydrogens is 148 g/mol. The normalized spacial score (nSPS) is 8.00. The van der Waals surface area contributed by atoms with Crippen LogP contribution in [0.15, 0.2) is 30.3 Å². The van der Waals surface area contributed by atoms with E-state index in [0.717, 1.165) is 5.56 Å². The minimum absolute atomic E-state index is 0. The molecule has 0 radical (unpaired) electrons. The fourth-order valence-corrected chi connectivity index (χ4v) is 0.618. The number of nitrogens with one attached hydrogen (secondary N) is 1. The SMILES string of the molecule is N=C(N)c1ccccc1.[Cl-]. The zero-order valence-corrected chi connectivity index (χ0v) is 6.10. The summed E-state index contributed by atoms with van der Waals surface area (Å²) in [7, 11) is 0. The van der Waals surface area contributed by atoms with E-state index in [-0.39, 0.29) is 18.2 Å². The van der Waals surface area contributed by atoms with Crippen molar-refractivity contribution in [2.75, 3.05) is 0 Å². The monoisotopic (exact) mass is 155 g/mol. The molecule has 0 amide bonds. The summed E-state index contributed by atoms with van der Waals surface area (Å²) in [6.45, 7) is 0. The van der Waals surface area contributed by atoms with Gasteiger partial charge >= 0.3 is 0 Å². The summed E-state index contributed by atoms with van der Waals surface area (Å²) in [4.78, 5) is 0. The molecule has 0 atom stereocenters. The highest BCUT2D eigenvalue weighted by Gasteiger charge is 1.89. The molecule has 1 aromatic carbocycles. The number of amidine groups is 1. The molecular formula is C7H8ClN2-. The Morgan fingerprint density at radius 2 is 1.70 bits per heavy atom. The summed E-state index contributed by atoms with van der Waals surface area (Å²) in [6, 6.07) is 9.23. The van der Waals surface area contributed by atoms with Gasteiger partial charge in [0.2, 0.25) is 0 Å². The van der Waals surface area contributed by atoms with E-state index in [1.54, 1.807) is 0 Å². The zero-order valence-electron chi connectivity index (χ0n) is 5.34. The van der Waals surface area contributed by atoms with E-state index in [9.17, 15) is 0 Å². The Morgan fingerprint density at radius 3 is 2.00 bits per heavy atom. The molecule has 0 aromatic heterocycles. The minimum atomic E-state index is 0.